The molecule has 4 rings (SSSR count). The fourth-order valence-corrected chi connectivity index (χ4v) is 4.64. The molecule has 0 saturated carbocycles. The van der Waals surface area contributed by atoms with Crippen molar-refractivity contribution in [2.24, 2.45) is 0 Å². The van der Waals surface area contributed by atoms with E-state index in [2.05, 4.69) is 39.2 Å². The summed E-state index contributed by atoms with van der Waals surface area (Å²) in [6.45, 7) is 7.10. The summed E-state index contributed by atoms with van der Waals surface area (Å²) in [5.74, 6) is 0.0938. The number of benzene rings is 1. The van der Waals surface area contributed by atoms with Crippen LogP contribution in [0.2, 0.25) is 0 Å². The van der Waals surface area contributed by atoms with Gasteiger partial charge in [0.15, 0.2) is 0 Å². The van der Waals surface area contributed by atoms with Gasteiger partial charge in [0.1, 0.15) is 0 Å². The van der Waals surface area contributed by atoms with Crippen LogP contribution in [0, 0.1) is 0 Å². The van der Waals surface area contributed by atoms with Crippen molar-refractivity contribution in [1.29, 1.82) is 0 Å². The first-order valence-electron chi connectivity index (χ1n) is 10.3. The number of ether oxygens (including phenoxy) is 1. The van der Waals surface area contributed by atoms with Gasteiger partial charge in [-0.15, -0.1) is 0 Å². The smallest absolute Gasteiger partial charge is 0.238 e. The highest BCUT2D eigenvalue weighted by molar-refractivity contribution is 5.92. The summed E-state index contributed by atoms with van der Waals surface area (Å²) in [5, 5.41) is 3.07. The fraction of sp³-hybridized carbons (Fsp3) is 0.667. The summed E-state index contributed by atoms with van der Waals surface area (Å²) in [6, 6.07) is 9.60. The van der Waals surface area contributed by atoms with E-state index in [-0.39, 0.29) is 5.91 Å². The van der Waals surface area contributed by atoms with E-state index < -0.39 is 0 Å². The number of anilines is 1. The molecule has 2 atom stereocenters. The number of carbonyl (C=O) groups excluding carboxylic acids is 1. The molecule has 1 N–H and O–H groups in total. The highest BCUT2D eigenvalue weighted by atomic mass is 16.5. The molecule has 0 radical (unpaired) electrons. The van der Waals surface area contributed by atoms with Crippen LogP contribution in [0.5, 0.6) is 0 Å². The van der Waals surface area contributed by atoms with Gasteiger partial charge in [-0.1, -0.05) is 12.1 Å². The second kappa shape index (κ2) is 8.69. The predicted octanol–water partition coefficient (Wildman–Crippen LogP) is 1.63. The maximum absolute atomic E-state index is 12.5. The van der Waals surface area contributed by atoms with Crippen molar-refractivity contribution in [3.8, 4) is 0 Å². The Kier molecular flexibility index (Phi) is 6.08. The summed E-state index contributed by atoms with van der Waals surface area (Å²) in [7, 11) is 2.24. The molecule has 0 spiro atoms. The van der Waals surface area contributed by atoms with Crippen molar-refractivity contribution >= 4 is 11.6 Å². The van der Waals surface area contributed by atoms with Gasteiger partial charge in [0, 0.05) is 50.5 Å². The minimum absolute atomic E-state index is 0.0938. The minimum atomic E-state index is 0.0938. The summed E-state index contributed by atoms with van der Waals surface area (Å²) >= 11 is 0. The summed E-state index contributed by atoms with van der Waals surface area (Å²) in [5.41, 5.74) is 2.17. The highest BCUT2D eigenvalue weighted by Gasteiger charge is 2.34. The van der Waals surface area contributed by atoms with Crippen LogP contribution >= 0.6 is 0 Å². The third kappa shape index (κ3) is 4.88. The first kappa shape index (κ1) is 18.9. The Hall–Kier alpha value is -1.47. The lowest BCUT2D eigenvalue weighted by Crippen LogP contribution is -2.40. The van der Waals surface area contributed by atoms with Gasteiger partial charge in [-0.3, -0.25) is 19.5 Å². The Morgan fingerprint density at radius 2 is 1.78 bits per heavy atom. The SMILES string of the molecule is CN1C2CCC1CN(CC(=O)Nc1ccc(CN3CCOCC3)cc1)CC2. The molecular formula is C21H32N4O2. The maximum Gasteiger partial charge on any atom is 0.238 e. The molecule has 1 aromatic carbocycles. The molecule has 1 aromatic rings. The largest absolute Gasteiger partial charge is 0.379 e. The van der Waals surface area contributed by atoms with Crippen molar-refractivity contribution in [3.05, 3.63) is 29.8 Å². The van der Waals surface area contributed by atoms with Crippen LogP contribution < -0.4 is 5.32 Å². The molecule has 2 bridgehead atoms. The number of hydrogen-bond donors (Lipinski definition) is 1. The normalized spacial score (nSPS) is 27.4. The summed E-state index contributed by atoms with van der Waals surface area (Å²) in [6.07, 6.45) is 3.76. The number of amides is 1. The third-order valence-electron chi connectivity index (χ3n) is 6.35. The van der Waals surface area contributed by atoms with Gasteiger partial charge in [0.25, 0.3) is 0 Å². The Morgan fingerprint density at radius 3 is 2.56 bits per heavy atom. The molecule has 6 nitrogen and oxygen atoms in total. The second-order valence-corrected chi connectivity index (χ2v) is 8.21. The number of morpholine rings is 1. The van der Waals surface area contributed by atoms with E-state index >= 15 is 0 Å². The molecule has 0 aliphatic carbocycles. The van der Waals surface area contributed by atoms with E-state index in [0.717, 1.165) is 51.6 Å². The van der Waals surface area contributed by atoms with Crippen LogP contribution in [0.15, 0.2) is 24.3 Å². The van der Waals surface area contributed by atoms with Crippen molar-refractivity contribution in [2.75, 3.05) is 58.3 Å². The van der Waals surface area contributed by atoms with Gasteiger partial charge in [-0.05, 0) is 44.0 Å². The molecule has 3 aliphatic rings. The Bertz CT molecular complexity index is 630. The molecule has 3 fully saturated rings. The topological polar surface area (TPSA) is 48.0 Å². The van der Waals surface area contributed by atoms with Crippen molar-refractivity contribution in [1.82, 2.24) is 14.7 Å². The van der Waals surface area contributed by atoms with Gasteiger partial charge in [0.05, 0.1) is 19.8 Å². The number of fused-ring (bicyclic) bond motifs is 2. The van der Waals surface area contributed by atoms with E-state index in [0.29, 0.717) is 18.6 Å². The Labute approximate surface area is 162 Å². The van der Waals surface area contributed by atoms with Crippen LogP contribution in [0.25, 0.3) is 0 Å². The number of rotatable bonds is 5. The molecule has 0 aromatic heterocycles. The molecule has 27 heavy (non-hydrogen) atoms. The van der Waals surface area contributed by atoms with E-state index in [1.165, 1.54) is 24.8 Å². The molecule has 2 unspecified atom stereocenters. The number of hydrogen-bond acceptors (Lipinski definition) is 5. The van der Waals surface area contributed by atoms with E-state index in [4.69, 9.17) is 4.74 Å². The van der Waals surface area contributed by atoms with Crippen molar-refractivity contribution in [2.45, 2.75) is 37.9 Å². The molecule has 3 saturated heterocycles. The molecule has 3 heterocycles. The van der Waals surface area contributed by atoms with Crippen LogP contribution in [-0.2, 0) is 16.1 Å². The van der Waals surface area contributed by atoms with Crippen LogP contribution in [0.3, 0.4) is 0 Å². The number of nitrogens with one attached hydrogen (secondary N) is 1. The maximum atomic E-state index is 12.5. The van der Waals surface area contributed by atoms with E-state index in [1.807, 2.05) is 12.1 Å². The lowest BCUT2D eigenvalue weighted by molar-refractivity contribution is -0.117. The molecule has 6 heteroatoms. The van der Waals surface area contributed by atoms with E-state index in [1.54, 1.807) is 0 Å². The monoisotopic (exact) mass is 372 g/mol. The third-order valence-corrected chi connectivity index (χ3v) is 6.35. The molecule has 1 amide bonds. The zero-order valence-electron chi connectivity index (χ0n) is 16.4. The van der Waals surface area contributed by atoms with Crippen molar-refractivity contribution < 1.29 is 9.53 Å². The Balaban J connectivity index is 1.25. The average Bonchev–Trinajstić information content (AvgIpc) is 2.92. The zero-order chi connectivity index (χ0) is 18.6. The van der Waals surface area contributed by atoms with Gasteiger partial charge >= 0.3 is 0 Å². The fourth-order valence-electron chi connectivity index (χ4n) is 4.64. The van der Waals surface area contributed by atoms with Crippen molar-refractivity contribution in [3.63, 3.8) is 0 Å². The van der Waals surface area contributed by atoms with Gasteiger partial charge in [-0.2, -0.15) is 0 Å². The lowest BCUT2D eigenvalue weighted by Gasteiger charge is -2.26. The second-order valence-electron chi connectivity index (χ2n) is 8.21. The standard InChI is InChI=1S/C21H32N4O2/c1-23-19-6-7-20(23)15-25(9-8-19)16-21(26)22-18-4-2-17(3-5-18)14-24-10-12-27-13-11-24/h2-5,19-20H,6-16H2,1H3,(H,22,26). The number of carbonyl (C=O) groups is 1. The molecule has 148 valence electrons. The van der Waals surface area contributed by atoms with Gasteiger partial charge < -0.3 is 10.1 Å². The number of likely N-dealkylation sites (N-methyl/N-ethyl adjacent to an activating group) is 1. The number of nitrogens with zero attached hydrogens (tertiary/aromatic N) is 3. The van der Waals surface area contributed by atoms with Crippen LogP contribution in [-0.4, -0.2) is 85.7 Å². The quantitative estimate of drug-likeness (QED) is 0.851. The van der Waals surface area contributed by atoms with Gasteiger partial charge in [0.2, 0.25) is 5.91 Å². The first-order chi connectivity index (χ1) is 13.2. The molecular weight excluding hydrogens is 340 g/mol. The lowest BCUT2D eigenvalue weighted by atomic mass is 10.1. The zero-order valence-corrected chi connectivity index (χ0v) is 16.4. The first-order valence-corrected chi connectivity index (χ1v) is 10.3. The predicted molar refractivity (Wildman–Crippen MR) is 107 cm³/mol. The van der Waals surface area contributed by atoms with E-state index in [9.17, 15) is 4.79 Å². The van der Waals surface area contributed by atoms with Gasteiger partial charge in [-0.25, -0.2) is 0 Å². The molecule has 3 aliphatic heterocycles. The summed E-state index contributed by atoms with van der Waals surface area (Å²) in [4.78, 5) is 19.7. The van der Waals surface area contributed by atoms with Crippen LogP contribution in [0.1, 0.15) is 24.8 Å². The highest BCUT2D eigenvalue weighted by Crippen LogP contribution is 2.28. The minimum Gasteiger partial charge on any atom is -0.379 e. The van der Waals surface area contributed by atoms with Crippen LogP contribution in [0.4, 0.5) is 5.69 Å². The average molecular weight is 373 g/mol. The summed E-state index contributed by atoms with van der Waals surface area (Å²) < 4.78 is 5.40. The number of likely N-dealkylation sites (tertiary alicyclic amines) is 1. The Morgan fingerprint density at radius 1 is 1.04 bits per heavy atom.